The Morgan fingerprint density at radius 1 is 0.670 bits per heavy atom. The number of carboxylic acids is 1. The highest BCUT2D eigenvalue weighted by molar-refractivity contribution is 5.77. The summed E-state index contributed by atoms with van der Waals surface area (Å²) in [4.78, 5) is 40.5. The molecule has 508 valence electrons. The van der Waals surface area contributed by atoms with Gasteiger partial charge in [-0.3, -0.25) is 9.59 Å². The molecule has 3 aliphatic heterocycles. The number of hydrogen-bond donors (Lipinski definition) is 13. The number of allylic oxidation sites excluding steroid dienone is 1. The predicted molar refractivity (Wildman–Crippen MR) is 326 cm³/mol. The van der Waals surface area contributed by atoms with Gasteiger partial charge in [-0.2, -0.15) is 0 Å². The minimum atomic E-state index is -3.02. The topological polar surface area (TPSA) is 376 Å². The number of esters is 1. The smallest absolute Gasteiger partial charge is 0.364 e. The van der Waals surface area contributed by atoms with E-state index in [0.29, 0.717) is 18.4 Å². The highest BCUT2D eigenvalue weighted by Crippen LogP contribution is 2.38. The van der Waals surface area contributed by atoms with E-state index in [4.69, 9.17) is 38.9 Å². The highest BCUT2D eigenvalue weighted by Gasteiger charge is 2.59. The summed E-state index contributed by atoms with van der Waals surface area (Å²) < 4.78 is 41.2. The molecule has 3 heterocycles. The van der Waals surface area contributed by atoms with E-state index < -0.39 is 155 Å². The van der Waals surface area contributed by atoms with Gasteiger partial charge in [-0.25, -0.2) is 4.79 Å². The number of unbranched alkanes of at least 4 members (excludes halogenated alkanes) is 25. The largest absolute Gasteiger partial charge is 0.477 e. The van der Waals surface area contributed by atoms with Crippen LogP contribution in [0.2, 0.25) is 0 Å². The number of carbonyl (C=O) groups excluding carboxylic acids is 2. The summed E-state index contributed by atoms with van der Waals surface area (Å²) in [6.07, 6.45) is 5.70. The fraction of sp³-hybridized carbons (Fsp3) is 0.831. The lowest BCUT2D eigenvalue weighted by molar-refractivity contribution is -0.386. The summed E-state index contributed by atoms with van der Waals surface area (Å²) in [5.74, 6) is -5.88. The van der Waals surface area contributed by atoms with Gasteiger partial charge in [0.1, 0.15) is 73.2 Å². The number of ether oxygens (including phenoxy) is 7. The third-order valence-corrected chi connectivity index (χ3v) is 17.1. The summed E-state index contributed by atoms with van der Waals surface area (Å²) in [5, 5.41) is 122. The normalized spacial score (nSPS) is 28.9. The minimum Gasteiger partial charge on any atom is -0.477 e. The van der Waals surface area contributed by atoms with E-state index in [2.05, 4.69) is 19.2 Å². The number of benzene rings is 1. The number of aliphatic hydroxyl groups excluding tert-OH is 10. The molecule has 0 spiro atoms. The monoisotopic (exact) mass is 1260 g/mol. The van der Waals surface area contributed by atoms with Crippen molar-refractivity contribution in [1.82, 2.24) is 5.32 Å². The number of nitrogens with two attached hydrogens (primary N) is 1. The van der Waals surface area contributed by atoms with E-state index in [0.717, 1.165) is 51.4 Å². The lowest BCUT2D eigenvalue weighted by Crippen LogP contribution is -2.70. The van der Waals surface area contributed by atoms with Gasteiger partial charge >= 0.3 is 11.9 Å². The van der Waals surface area contributed by atoms with Gasteiger partial charge in [-0.15, -0.1) is 0 Å². The Morgan fingerprint density at radius 2 is 1.19 bits per heavy atom. The molecule has 3 aliphatic rings. The van der Waals surface area contributed by atoms with Crippen molar-refractivity contribution < 1.29 is 104 Å². The number of aliphatic carboxylic acids is 1. The highest BCUT2D eigenvalue weighted by atomic mass is 16.8. The molecule has 1 aromatic rings. The van der Waals surface area contributed by atoms with Gasteiger partial charge in [0.15, 0.2) is 12.6 Å². The molecule has 14 N–H and O–H groups in total. The molecular formula is C65H112N2O21. The number of amides is 1. The SMILES string of the molecule is CCCCCCCCCCCCC/C=C/C(OC(=O)Cc1ccccc1)C(CO[C@@H]1O[C@H](CO)[C@@H](O[C@@H]2O[C@H](CO)[C@H](O)[C@H](O[C@]3(C(=O)O)C[C@@H](O)[C@H](N)[C@@H](C(O)C(O)CO)O3)[C@H]2O)[C@H](O)[C@H]1O)NC(=O)CCCCCCCCCCCCCCCCC. The Bertz CT molecular complexity index is 2050. The van der Waals surface area contributed by atoms with Crippen LogP contribution in [0.25, 0.3) is 0 Å². The first kappa shape index (κ1) is 77.1. The van der Waals surface area contributed by atoms with Gasteiger partial charge in [0.05, 0.1) is 51.0 Å². The lowest BCUT2D eigenvalue weighted by Gasteiger charge is -2.50. The zero-order valence-corrected chi connectivity index (χ0v) is 52.5. The van der Waals surface area contributed by atoms with Crippen molar-refractivity contribution >= 4 is 17.8 Å². The molecule has 3 saturated heterocycles. The Labute approximate surface area is 521 Å². The molecule has 0 aromatic heterocycles. The van der Waals surface area contributed by atoms with Crippen LogP contribution in [0.4, 0.5) is 0 Å². The van der Waals surface area contributed by atoms with E-state index in [-0.39, 0.29) is 18.7 Å². The summed E-state index contributed by atoms with van der Waals surface area (Å²) in [6.45, 7) is 1.07. The van der Waals surface area contributed by atoms with E-state index >= 15 is 0 Å². The molecular weight excluding hydrogens is 1140 g/mol. The van der Waals surface area contributed by atoms with Crippen LogP contribution in [0.5, 0.6) is 0 Å². The van der Waals surface area contributed by atoms with Crippen LogP contribution in [-0.2, 0) is 54.0 Å². The fourth-order valence-electron chi connectivity index (χ4n) is 11.6. The average Bonchev–Trinajstić information content (AvgIpc) is 1.29. The molecule has 1 amide bonds. The van der Waals surface area contributed by atoms with Gasteiger partial charge in [-0.1, -0.05) is 204 Å². The summed E-state index contributed by atoms with van der Waals surface area (Å²) in [7, 11) is 0. The maximum atomic E-state index is 13.9. The van der Waals surface area contributed by atoms with Crippen molar-refractivity contribution in [2.24, 2.45) is 5.73 Å². The molecule has 4 rings (SSSR count). The van der Waals surface area contributed by atoms with Crippen LogP contribution in [0.1, 0.15) is 206 Å². The maximum absolute atomic E-state index is 13.9. The van der Waals surface area contributed by atoms with Gasteiger partial charge in [0.2, 0.25) is 5.91 Å². The standard InChI is InChI=1S/C65H112N2O21/c1-3-5-7-9-11-13-15-17-18-20-22-24-26-28-33-37-51(73)67-45(48(83-52(74)38-44-34-30-29-31-35-44)36-32-27-25-23-21-19-16-14-12-10-8-6-4-2)43-82-62-57(78)56(77)59(50(42-70)85-62)86-63-58(79)61(55(76)49(41-69)84-63)88-65(64(80)81)39-46(71)53(66)60(87-65)54(75)47(72)40-68/h29-32,34-36,45-50,53-63,68-72,75-79H,3-28,33,37-43,66H2,1-2H3,(H,67,73)(H,80,81)/b36-32+/t45?,46-,47?,48?,49-,50-,53+,54?,55+,56-,57-,58-,59-,60+,61+,62-,63+,65+/m1/s1. The Kier molecular flexibility index (Phi) is 38.1. The number of hydrogen-bond acceptors (Lipinski definition) is 21. The van der Waals surface area contributed by atoms with Gasteiger partial charge < -0.3 is 100 Å². The number of nitrogens with one attached hydrogen (secondary N) is 1. The second-order valence-corrected chi connectivity index (χ2v) is 24.4. The Morgan fingerprint density at radius 3 is 1.72 bits per heavy atom. The van der Waals surface area contributed by atoms with Crippen LogP contribution < -0.4 is 11.1 Å². The molecule has 0 aliphatic carbocycles. The van der Waals surface area contributed by atoms with Crippen LogP contribution in [-0.4, -0.2) is 210 Å². The molecule has 23 heteroatoms. The first-order chi connectivity index (χ1) is 42.4. The molecule has 0 radical (unpaired) electrons. The Hall–Kier alpha value is -3.31. The molecule has 18 atom stereocenters. The number of aliphatic hydroxyl groups is 10. The Balaban J connectivity index is 1.48. The second kappa shape index (κ2) is 43.5. The average molecular weight is 1260 g/mol. The molecule has 4 unspecified atom stereocenters. The van der Waals surface area contributed by atoms with Gasteiger partial charge in [0.25, 0.3) is 5.79 Å². The van der Waals surface area contributed by atoms with Crippen molar-refractivity contribution in [3.63, 3.8) is 0 Å². The summed E-state index contributed by atoms with van der Waals surface area (Å²) in [6, 6.07) is 6.43. The zero-order valence-electron chi connectivity index (χ0n) is 52.5. The zero-order chi connectivity index (χ0) is 64.3. The van der Waals surface area contributed by atoms with Crippen molar-refractivity contribution in [2.45, 2.75) is 316 Å². The van der Waals surface area contributed by atoms with Crippen LogP contribution in [0.3, 0.4) is 0 Å². The minimum absolute atomic E-state index is 0.0714. The van der Waals surface area contributed by atoms with Crippen molar-refractivity contribution in [2.75, 3.05) is 26.4 Å². The first-order valence-electron chi connectivity index (χ1n) is 33.2. The predicted octanol–water partition coefficient (Wildman–Crippen LogP) is 4.78. The summed E-state index contributed by atoms with van der Waals surface area (Å²) >= 11 is 0. The maximum Gasteiger partial charge on any atom is 0.364 e. The lowest BCUT2D eigenvalue weighted by atomic mass is 9.88. The number of carboxylic acid groups (broad SMARTS) is 1. The fourth-order valence-corrected chi connectivity index (χ4v) is 11.6. The first-order valence-corrected chi connectivity index (χ1v) is 33.2. The molecule has 23 nitrogen and oxygen atoms in total. The van der Waals surface area contributed by atoms with Crippen LogP contribution in [0, 0.1) is 0 Å². The quantitative estimate of drug-likeness (QED) is 0.0237. The third kappa shape index (κ3) is 26.4. The van der Waals surface area contributed by atoms with E-state index in [9.17, 15) is 70.6 Å². The summed E-state index contributed by atoms with van der Waals surface area (Å²) in [5.41, 5.74) is 6.70. The van der Waals surface area contributed by atoms with E-state index in [1.165, 1.54) is 109 Å². The third-order valence-electron chi connectivity index (χ3n) is 17.1. The van der Waals surface area contributed by atoms with Crippen LogP contribution >= 0.6 is 0 Å². The van der Waals surface area contributed by atoms with Gasteiger partial charge in [0, 0.05) is 12.8 Å². The second-order valence-electron chi connectivity index (χ2n) is 24.4. The molecule has 88 heavy (non-hydrogen) atoms. The number of carbonyl (C=O) groups is 3. The molecule has 1 aromatic carbocycles. The number of rotatable bonds is 47. The van der Waals surface area contributed by atoms with E-state index in [1.54, 1.807) is 30.3 Å². The molecule has 0 bridgehead atoms. The van der Waals surface area contributed by atoms with Gasteiger partial charge in [-0.05, 0) is 30.9 Å². The van der Waals surface area contributed by atoms with Crippen LogP contribution in [0.15, 0.2) is 42.5 Å². The van der Waals surface area contributed by atoms with Crippen molar-refractivity contribution in [1.29, 1.82) is 0 Å². The van der Waals surface area contributed by atoms with E-state index in [1.807, 2.05) is 12.1 Å². The molecule has 0 saturated carbocycles. The van der Waals surface area contributed by atoms with Crippen molar-refractivity contribution in [3.05, 3.63) is 48.0 Å². The molecule has 3 fully saturated rings. The van der Waals surface area contributed by atoms with Crippen molar-refractivity contribution in [3.8, 4) is 0 Å².